The number of carbonyl (C=O) groups excluding carboxylic acids is 2. The van der Waals surface area contributed by atoms with Crippen LogP contribution in [0.3, 0.4) is 0 Å². The zero-order valence-corrected chi connectivity index (χ0v) is 16.0. The van der Waals surface area contributed by atoms with Gasteiger partial charge in [-0.1, -0.05) is 13.8 Å². The van der Waals surface area contributed by atoms with E-state index in [1.807, 2.05) is 0 Å². The molecule has 27 heavy (non-hydrogen) atoms. The molecule has 0 spiro atoms. The number of ether oxygens (including phenoxy) is 1. The number of Topliss-reactive ketones (excluding diaryl/α,β-unsaturated/α-hetero) is 1. The molecule has 0 saturated carbocycles. The molecule has 152 valence electrons. The molecule has 0 aliphatic heterocycles. The Morgan fingerprint density at radius 2 is 1.70 bits per heavy atom. The first-order chi connectivity index (χ1) is 12.3. The van der Waals surface area contributed by atoms with Crippen LogP contribution < -0.4 is 5.32 Å². The highest BCUT2D eigenvalue weighted by Crippen LogP contribution is 2.29. The van der Waals surface area contributed by atoms with Gasteiger partial charge in [0.1, 0.15) is 9.84 Å². The van der Waals surface area contributed by atoms with Gasteiger partial charge < -0.3 is 4.74 Å². The minimum absolute atomic E-state index is 0.00365. The molecule has 1 aromatic rings. The smallest absolute Gasteiger partial charge is 0.416 e. The fourth-order valence-electron chi connectivity index (χ4n) is 2.14. The predicted molar refractivity (Wildman–Crippen MR) is 94.1 cm³/mol. The van der Waals surface area contributed by atoms with Crippen molar-refractivity contribution in [2.75, 3.05) is 17.3 Å². The molecule has 0 saturated heterocycles. The van der Waals surface area contributed by atoms with E-state index in [1.165, 1.54) is 0 Å². The van der Waals surface area contributed by atoms with Gasteiger partial charge in [-0.2, -0.15) is 13.2 Å². The van der Waals surface area contributed by atoms with Crippen LogP contribution in [0.1, 0.15) is 32.3 Å². The Bertz CT molecular complexity index is 758. The SMILES string of the molecule is CC(C)C[C@H](OC(=O)Nc1ccc(C(F)(F)F)cc1)C(=O)CCS(C)(=O)=O. The van der Waals surface area contributed by atoms with Crippen LogP contribution >= 0.6 is 0 Å². The van der Waals surface area contributed by atoms with Gasteiger partial charge in [0.25, 0.3) is 0 Å². The van der Waals surface area contributed by atoms with E-state index < -0.39 is 39.6 Å². The standard InChI is InChI=1S/C17H22F3NO5S/c1-11(2)10-15(14(22)8-9-27(3,24)25)26-16(23)21-13-6-4-12(5-7-13)17(18,19)20/h4-7,11,15H,8-10H2,1-3H3,(H,21,23)/t15-/m0/s1. The number of halogens is 3. The molecular weight excluding hydrogens is 387 g/mol. The Labute approximate surface area is 156 Å². The molecule has 0 aliphatic carbocycles. The maximum Gasteiger partial charge on any atom is 0.416 e. The lowest BCUT2D eigenvalue weighted by atomic mass is 10.0. The van der Waals surface area contributed by atoms with E-state index >= 15 is 0 Å². The maximum atomic E-state index is 12.5. The van der Waals surface area contributed by atoms with Gasteiger partial charge in [0.2, 0.25) is 0 Å². The normalized spacial score (nSPS) is 13.3. The van der Waals surface area contributed by atoms with Crippen molar-refractivity contribution in [1.82, 2.24) is 0 Å². The third kappa shape index (κ3) is 8.89. The highest BCUT2D eigenvalue weighted by molar-refractivity contribution is 7.90. The molecule has 1 atom stereocenters. The highest BCUT2D eigenvalue weighted by atomic mass is 32.2. The molecule has 0 heterocycles. The molecule has 0 fully saturated rings. The van der Waals surface area contributed by atoms with Crippen molar-refractivity contribution in [3.8, 4) is 0 Å². The van der Waals surface area contributed by atoms with E-state index in [2.05, 4.69) is 5.32 Å². The van der Waals surface area contributed by atoms with Crippen molar-refractivity contribution < 1.29 is 35.9 Å². The fraction of sp³-hybridized carbons (Fsp3) is 0.529. The van der Waals surface area contributed by atoms with Crippen molar-refractivity contribution in [1.29, 1.82) is 0 Å². The number of sulfone groups is 1. The number of benzene rings is 1. The summed E-state index contributed by atoms with van der Waals surface area (Å²) in [7, 11) is -3.34. The van der Waals surface area contributed by atoms with Gasteiger partial charge in [0.15, 0.2) is 11.9 Å². The van der Waals surface area contributed by atoms with E-state index in [0.717, 1.165) is 30.5 Å². The molecule has 1 amide bonds. The van der Waals surface area contributed by atoms with Gasteiger partial charge in [-0.05, 0) is 36.6 Å². The van der Waals surface area contributed by atoms with Crippen molar-refractivity contribution in [2.24, 2.45) is 5.92 Å². The number of alkyl halides is 3. The summed E-state index contributed by atoms with van der Waals surface area (Å²) in [5.74, 6) is -0.891. The monoisotopic (exact) mass is 409 g/mol. The summed E-state index contributed by atoms with van der Waals surface area (Å²) in [4.78, 5) is 24.1. The van der Waals surface area contributed by atoms with Crippen LogP contribution in [0, 0.1) is 5.92 Å². The molecular formula is C17H22F3NO5S. The summed E-state index contributed by atoms with van der Waals surface area (Å²) in [6.45, 7) is 3.60. The summed E-state index contributed by atoms with van der Waals surface area (Å²) in [5.41, 5.74) is -0.796. The van der Waals surface area contributed by atoms with E-state index in [1.54, 1.807) is 13.8 Å². The molecule has 0 bridgehead atoms. The third-order valence-corrected chi connectivity index (χ3v) is 4.42. The number of anilines is 1. The average Bonchev–Trinajstić information content (AvgIpc) is 2.50. The Hall–Kier alpha value is -2.10. The summed E-state index contributed by atoms with van der Waals surface area (Å²) in [6, 6.07) is 3.73. The zero-order chi connectivity index (χ0) is 20.8. The van der Waals surface area contributed by atoms with E-state index in [4.69, 9.17) is 4.74 Å². The number of carbonyl (C=O) groups is 2. The molecule has 10 heteroatoms. The first-order valence-corrected chi connectivity index (χ1v) is 10.2. The van der Waals surface area contributed by atoms with Crippen LogP contribution in [0.2, 0.25) is 0 Å². The number of rotatable bonds is 8. The second-order valence-electron chi connectivity index (χ2n) is 6.57. The lowest BCUT2D eigenvalue weighted by Gasteiger charge is -2.19. The van der Waals surface area contributed by atoms with Crippen molar-refractivity contribution in [3.05, 3.63) is 29.8 Å². The quantitative estimate of drug-likeness (QED) is 0.708. The van der Waals surface area contributed by atoms with Gasteiger partial charge in [-0.25, -0.2) is 13.2 Å². The second kappa shape index (κ2) is 9.20. The molecule has 0 aliphatic rings. The number of ketones is 1. The first kappa shape index (κ1) is 22.9. The maximum absolute atomic E-state index is 12.5. The van der Waals surface area contributed by atoms with E-state index in [-0.39, 0.29) is 30.2 Å². The van der Waals surface area contributed by atoms with Crippen LogP contribution in [0.5, 0.6) is 0 Å². The molecule has 0 unspecified atom stereocenters. The third-order valence-electron chi connectivity index (χ3n) is 3.47. The number of nitrogens with one attached hydrogen (secondary N) is 1. The molecule has 0 aromatic heterocycles. The highest BCUT2D eigenvalue weighted by Gasteiger charge is 2.30. The molecule has 0 radical (unpaired) electrons. The Balaban J connectivity index is 2.74. The molecule has 1 aromatic carbocycles. The van der Waals surface area contributed by atoms with Gasteiger partial charge in [-0.15, -0.1) is 0 Å². The molecule has 1 N–H and O–H groups in total. The minimum atomic E-state index is -4.49. The number of amides is 1. The summed E-state index contributed by atoms with van der Waals surface area (Å²) < 4.78 is 65.0. The molecule has 6 nitrogen and oxygen atoms in total. The topological polar surface area (TPSA) is 89.5 Å². The van der Waals surface area contributed by atoms with Gasteiger partial charge >= 0.3 is 12.3 Å². The number of hydrogen-bond donors (Lipinski definition) is 1. The Kier molecular flexibility index (Phi) is 7.82. The van der Waals surface area contributed by atoms with Gasteiger partial charge in [0, 0.05) is 18.4 Å². The second-order valence-corrected chi connectivity index (χ2v) is 8.83. The van der Waals surface area contributed by atoms with E-state index in [9.17, 15) is 31.2 Å². The van der Waals surface area contributed by atoms with Crippen molar-refractivity contribution in [3.63, 3.8) is 0 Å². The van der Waals surface area contributed by atoms with Gasteiger partial charge in [-0.3, -0.25) is 10.1 Å². The zero-order valence-electron chi connectivity index (χ0n) is 15.2. The Morgan fingerprint density at radius 1 is 1.15 bits per heavy atom. The van der Waals surface area contributed by atoms with Crippen molar-refractivity contribution >= 4 is 27.4 Å². The number of hydrogen-bond acceptors (Lipinski definition) is 5. The summed E-state index contributed by atoms with van der Waals surface area (Å²) >= 11 is 0. The predicted octanol–water partition coefficient (Wildman–Crippen LogP) is 3.67. The summed E-state index contributed by atoms with van der Waals surface area (Å²) in [5, 5.41) is 2.25. The van der Waals surface area contributed by atoms with E-state index in [0.29, 0.717) is 0 Å². The fourth-order valence-corrected chi connectivity index (χ4v) is 2.71. The van der Waals surface area contributed by atoms with Crippen LogP contribution in [0.4, 0.5) is 23.7 Å². The largest absolute Gasteiger partial charge is 0.438 e. The molecule has 1 rings (SSSR count). The lowest BCUT2D eigenvalue weighted by Crippen LogP contribution is -2.32. The van der Waals surface area contributed by atoms with Crippen molar-refractivity contribution in [2.45, 2.75) is 39.0 Å². The van der Waals surface area contributed by atoms with Crippen LogP contribution in [0.15, 0.2) is 24.3 Å². The van der Waals surface area contributed by atoms with Crippen LogP contribution in [-0.2, 0) is 25.5 Å². The van der Waals surface area contributed by atoms with Gasteiger partial charge in [0.05, 0.1) is 11.3 Å². The lowest BCUT2D eigenvalue weighted by molar-refractivity contribution is -0.137. The van der Waals surface area contributed by atoms with Crippen LogP contribution in [-0.4, -0.2) is 38.4 Å². The Morgan fingerprint density at radius 3 is 2.15 bits per heavy atom. The first-order valence-electron chi connectivity index (χ1n) is 8.13. The van der Waals surface area contributed by atoms with Crippen LogP contribution in [0.25, 0.3) is 0 Å². The average molecular weight is 409 g/mol. The minimum Gasteiger partial charge on any atom is -0.438 e. The summed E-state index contributed by atoms with van der Waals surface area (Å²) in [6.07, 6.45) is -5.73.